The molecule has 0 radical (unpaired) electrons. The monoisotopic (exact) mass is 437 g/mol. The molecule has 1 rings (SSSR count). The molecule has 0 aliphatic heterocycles. The highest BCUT2D eigenvalue weighted by Gasteiger charge is 2.25. The predicted molar refractivity (Wildman–Crippen MR) is 110 cm³/mol. The number of halogens is 1. The summed E-state index contributed by atoms with van der Waals surface area (Å²) in [5.74, 6) is -1.23. The molecule has 1 unspecified atom stereocenters. The van der Waals surface area contributed by atoms with Gasteiger partial charge in [-0.05, 0) is 37.8 Å². The zero-order valence-corrected chi connectivity index (χ0v) is 17.9. The zero-order valence-electron chi connectivity index (χ0n) is 15.5. The molecule has 1 aromatic rings. The molecule has 0 aliphatic rings. The molecule has 0 bridgehead atoms. The van der Waals surface area contributed by atoms with Crippen LogP contribution in [0.5, 0.6) is 0 Å². The second-order valence-electron chi connectivity index (χ2n) is 6.63. The lowest BCUT2D eigenvalue weighted by Gasteiger charge is -2.16. The van der Waals surface area contributed by atoms with Crippen molar-refractivity contribution in [2.45, 2.75) is 55.8 Å². The number of unbranched alkanes of at least 4 members (excludes halogenated alkanes) is 1. The number of nitrogens with zero attached hydrogens (tertiary/aromatic N) is 1. The first-order chi connectivity index (χ1) is 12.6. The fraction of sp³-hybridized carbons (Fsp3) is 0.625. The molecule has 11 heteroatoms. The third-order valence-corrected chi connectivity index (χ3v) is 7.24. The standard InChI is InChI=1S/C16H28ClN5O3S2/c1-10(2)7-13(20)16(24)22-27(25,14-8-11(17)9-26-14)21-15(23)12(19)5-3-4-6-18/h8-10,12-13H,3-7,18-20H2,1-2H3,(H,21,22,23,24,25)/t12-,13+,27?/m1/s1. The van der Waals surface area contributed by atoms with E-state index in [0.717, 1.165) is 17.8 Å². The summed E-state index contributed by atoms with van der Waals surface area (Å²) in [6.45, 7) is 4.31. The van der Waals surface area contributed by atoms with Crippen LogP contribution in [0.15, 0.2) is 20.0 Å². The van der Waals surface area contributed by atoms with Crippen LogP contribution in [0.25, 0.3) is 0 Å². The highest BCUT2D eigenvalue weighted by Crippen LogP contribution is 2.25. The largest absolute Gasteiger partial charge is 0.330 e. The third kappa shape index (κ3) is 7.84. The van der Waals surface area contributed by atoms with Crippen LogP contribution in [0, 0.1) is 5.92 Å². The molecule has 154 valence electrons. The fourth-order valence-electron chi connectivity index (χ4n) is 2.21. The van der Waals surface area contributed by atoms with E-state index in [-0.39, 0.29) is 10.1 Å². The smallest absolute Gasteiger partial charge is 0.272 e. The van der Waals surface area contributed by atoms with Crippen LogP contribution in [-0.2, 0) is 19.5 Å². The normalized spacial score (nSPS) is 15.8. The number of thiophene rings is 1. The summed E-state index contributed by atoms with van der Waals surface area (Å²) >= 11 is 6.94. The highest BCUT2D eigenvalue weighted by atomic mass is 35.5. The van der Waals surface area contributed by atoms with E-state index in [1.165, 1.54) is 11.4 Å². The molecule has 1 aromatic heterocycles. The maximum absolute atomic E-state index is 13.3. The van der Waals surface area contributed by atoms with E-state index in [0.29, 0.717) is 30.8 Å². The minimum atomic E-state index is -3.58. The van der Waals surface area contributed by atoms with Gasteiger partial charge in [-0.25, -0.2) is 4.21 Å². The SMILES string of the molecule is CC(C)C[C@H](N)C(=O)N=S(=O)(NC(=O)[C@H](N)CCCCN)c1cc(Cl)cs1. The molecule has 2 amide bonds. The minimum Gasteiger partial charge on any atom is -0.330 e. The summed E-state index contributed by atoms with van der Waals surface area (Å²) in [6.07, 6.45) is 2.15. The average Bonchev–Trinajstić information content (AvgIpc) is 3.01. The van der Waals surface area contributed by atoms with Gasteiger partial charge in [0.05, 0.1) is 17.1 Å². The van der Waals surface area contributed by atoms with Crippen molar-refractivity contribution in [3.63, 3.8) is 0 Å². The van der Waals surface area contributed by atoms with Gasteiger partial charge < -0.3 is 17.2 Å². The van der Waals surface area contributed by atoms with Crippen molar-refractivity contribution in [1.82, 2.24) is 4.72 Å². The van der Waals surface area contributed by atoms with Gasteiger partial charge in [0.2, 0.25) is 5.91 Å². The van der Waals surface area contributed by atoms with Gasteiger partial charge in [-0.15, -0.1) is 15.7 Å². The van der Waals surface area contributed by atoms with Crippen molar-refractivity contribution in [1.29, 1.82) is 0 Å². The van der Waals surface area contributed by atoms with E-state index in [4.69, 9.17) is 28.8 Å². The molecule has 0 saturated heterocycles. The quantitative estimate of drug-likeness (QED) is 0.407. The zero-order chi connectivity index (χ0) is 20.6. The summed E-state index contributed by atoms with van der Waals surface area (Å²) in [7, 11) is -3.58. The number of amides is 2. The van der Waals surface area contributed by atoms with Crippen LogP contribution in [-0.4, -0.2) is 34.7 Å². The number of carbonyl (C=O) groups excluding carboxylic acids is 2. The number of nitrogens with two attached hydrogens (primary N) is 3. The second-order valence-corrected chi connectivity index (χ2v) is 10.1. The van der Waals surface area contributed by atoms with Crippen LogP contribution in [0.1, 0.15) is 39.5 Å². The van der Waals surface area contributed by atoms with Gasteiger partial charge in [-0.2, -0.15) is 0 Å². The lowest BCUT2D eigenvalue weighted by Crippen LogP contribution is -2.44. The van der Waals surface area contributed by atoms with E-state index in [9.17, 15) is 13.8 Å². The van der Waals surface area contributed by atoms with E-state index in [1.807, 2.05) is 13.8 Å². The van der Waals surface area contributed by atoms with Crippen molar-refractivity contribution in [3.8, 4) is 0 Å². The number of carbonyl (C=O) groups is 2. The van der Waals surface area contributed by atoms with Gasteiger partial charge >= 0.3 is 0 Å². The van der Waals surface area contributed by atoms with Gasteiger partial charge in [0, 0.05) is 5.38 Å². The van der Waals surface area contributed by atoms with Crippen LogP contribution < -0.4 is 21.9 Å². The predicted octanol–water partition coefficient (Wildman–Crippen LogP) is 1.62. The van der Waals surface area contributed by atoms with Crippen molar-refractivity contribution < 1.29 is 13.8 Å². The summed E-state index contributed by atoms with van der Waals surface area (Å²) < 4.78 is 19.6. The number of hydrogen-bond donors (Lipinski definition) is 4. The Hall–Kier alpha value is -1.04. The third-order valence-electron chi connectivity index (χ3n) is 3.62. The molecule has 0 fully saturated rings. The van der Waals surface area contributed by atoms with Crippen LogP contribution in [0.2, 0.25) is 5.02 Å². The summed E-state index contributed by atoms with van der Waals surface area (Å²) in [6, 6.07) is -0.390. The first-order valence-corrected chi connectivity index (χ1v) is 11.4. The van der Waals surface area contributed by atoms with E-state index in [1.54, 1.807) is 0 Å². The van der Waals surface area contributed by atoms with Crippen molar-refractivity contribution in [2.24, 2.45) is 27.5 Å². The maximum atomic E-state index is 13.3. The molecule has 3 atom stereocenters. The number of hydrogen-bond acceptors (Lipinski definition) is 7. The Kier molecular flexibility index (Phi) is 9.85. The van der Waals surface area contributed by atoms with Gasteiger partial charge in [0.1, 0.15) is 4.21 Å². The molecule has 27 heavy (non-hydrogen) atoms. The van der Waals surface area contributed by atoms with Gasteiger partial charge in [0.15, 0.2) is 9.92 Å². The summed E-state index contributed by atoms with van der Waals surface area (Å²) in [5.41, 5.74) is 17.1. The van der Waals surface area contributed by atoms with E-state index in [2.05, 4.69) is 9.08 Å². The highest BCUT2D eigenvalue weighted by molar-refractivity contribution is 7.94. The van der Waals surface area contributed by atoms with Crippen LogP contribution in [0.4, 0.5) is 0 Å². The molecular formula is C16H28ClN5O3S2. The van der Waals surface area contributed by atoms with Crippen molar-refractivity contribution >= 4 is 44.7 Å². The Labute approximate surface area is 169 Å². The van der Waals surface area contributed by atoms with Gasteiger partial charge in [-0.1, -0.05) is 31.9 Å². The van der Waals surface area contributed by atoms with E-state index < -0.39 is 33.8 Å². The van der Waals surface area contributed by atoms with Crippen LogP contribution in [0.3, 0.4) is 0 Å². The molecule has 8 nitrogen and oxygen atoms in total. The lowest BCUT2D eigenvalue weighted by atomic mass is 10.0. The summed E-state index contributed by atoms with van der Waals surface area (Å²) in [5, 5.41) is 1.87. The topological polar surface area (TPSA) is 154 Å². The first-order valence-electron chi connectivity index (χ1n) is 8.67. The average molecular weight is 438 g/mol. The Bertz CT molecular complexity index is 759. The molecule has 0 spiro atoms. The molecule has 7 N–H and O–H groups in total. The molecule has 1 heterocycles. The molecule has 0 saturated carbocycles. The first kappa shape index (κ1) is 24.0. The Balaban J connectivity index is 3.10. The van der Waals surface area contributed by atoms with Crippen molar-refractivity contribution in [3.05, 3.63) is 16.5 Å². The maximum Gasteiger partial charge on any atom is 0.272 e. The molecule has 0 aromatic carbocycles. The van der Waals surface area contributed by atoms with Gasteiger partial charge in [-0.3, -0.25) is 14.3 Å². The Morgan fingerprint density at radius 2 is 1.96 bits per heavy atom. The van der Waals surface area contributed by atoms with Crippen LogP contribution >= 0.6 is 22.9 Å². The fourth-order valence-corrected chi connectivity index (χ4v) is 5.32. The molecular weight excluding hydrogens is 410 g/mol. The van der Waals surface area contributed by atoms with Crippen molar-refractivity contribution in [2.75, 3.05) is 6.54 Å². The molecule has 0 aliphatic carbocycles. The summed E-state index contributed by atoms with van der Waals surface area (Å²) in [4.78, 5) is 24.7. The Morgan fingerprint density at radius 3 is 2.48 bits per heavy atom. The van der Waals surface area contributed by atoms with E-state index >= 15 is 0 Å². The Morgan fingerprint density at radius 1 is 1.30 bits per heavy atom. The lowest BCUT2D eigenvalue weighted by molar-refractivity contribution is -0.120. The minimum absolute atomic E-state index is 0.164. The second kappa shape index (κ2) is 11.1. The number of rotatable bonds is 10. The van der Waals surface area contributed by atoms with Gasteiger partial charge in [0.25, 0.3) is 5.91 Å². The number of nitrogens with one attached hydrogen (secondary N) is 1.